The quantitative estimate of drug-likeness (QED) is 0.469. The van der Waals surface area contributed by atoms with Crippen LogP contribution in [0, 0.1) is 0 Å². The van der Waals surface area contributed by atoms with Gasteiger partial charge in [-0.25, -0.2) is 4.79 Å². The van der Waals surface area contributed by atoms with Crippen LogP contribution in [0.1, 0.15) is 13.8 Å². The molecular formula is C7H12O2S2. The summed E-state index contributed by atoms with van der Waals surface area (Å²) in [5.74, 6) is -0.331. The molecule has 0 aromatic heterocycles. The standard InChI is InChI=1S/C7H12O2S2/c1-4(6(11)3-10)5(2)7(8)9/h6,10-11H,3H2,1-2H3,(H,8,9). The molecule has 11 heavy (non-hydrogen) atoms. The summed E-state index contributed by atoms with van der Waals surface area (Å²) in [6.45, 7) is 3.33. The minimum atomic E-state index is -0.886. The molecule has 0 rings (SSSR count). The number of carbonyl (C=O) groups is 1. The number of carboxylic acid groups (broad SMARTS) is 1. The topological polar surface area (TPSA) is 37.3 Å². The van der Waals surface area contributed by atoms with Gasteiger partial charge in [-0.05, 0) is 19.4 Å². The van der Waals surface area contributed by atoms with Gasteiger partial charge in [0.15, 0.2) is 0 Å². The number of aliphatic carboxylic acids is 1. The van der Waals surface area contributed by atoms with Crippen LogP contribution in [0.3, 0.4) is 0 Å². The van der Waals surface area contributed by atoms with Gasteiger partial charge in [0, 0.05) is 16.6 Å². The third kappa shape index (κ3) is 3.20. The molecular weight excluding hydrogens is 180 g/mol. The maximum absolute atomic E-state index is 10.4. The van der Waals surface area contributed by atoms with E-state index < -0.39 is 5.97 Å². The Labute approximate surface area is 77.5 Å². The average Bonchev–Trinajstić information content (AvgIpc) is 2.00. The normalized spacial score (nSPS) is 15.6. The highest BCUT2D eigenvalue weighted by Crippen LogP contribution is 2.14. The molecule has 0 aliphatic carbocycles. The van der Waals surface area contributed by atoms with Crippen molar-refractivity contribution in [2.75, 3.05) is 5.75 Å². The zero-order valence-corrected chi connectivity index (χ0v) is 8.32. The van der Waals surface area contributed by atoms with Crippen LogP contribution in [0.2, 0.25) is 0 Å². The number of thiol groups is 2. The average molecular weight is 192 g/mol. The van der Waals surface area contributed by atoms with Crippen molar-refractivity contribution >= 4 is 31.2 Å². The molecule has 64 valence electrons. The lowest BCUT2D eigenvalue weighted by Gasteiger charge is -2.09. The zero-order chi connectivity index (χ0) is 9.02. The SMILES string of the molecule is CC(C(=O)O)=C(C)C(S)CS. The lowest BCUT2D eigenvalue weighted by atomic mass is 10.1. The van der Waals surface area contributed by atoms with Crippen molar-refractivity contribution in [3.05, 3.63) is 11.1 Å². The number of carboxylic acids is 1. The van der Waals surface area contributed by atoms with Crippen LogP contribution >= 0.6 is 25.3 Å². The van der Waals surface area contributed by atoms with Gasteiger partial charge in [0.05, 0.1) is 0 Å². The van der Waals surface area contributed by atoms with Crippen LogP contribution < -0.4 is 0 Å². The summed E-state index contributed by atoms with van der Waals surface area (Å²) in [6, 6.07) is 0. The van der Waals surface area contributed by atoms with Gasteiger partial charge in [0.1, 0.15) is 0 Å². The van der Waals surface area contributed by atoms with Crippen molar-refractivity contribution in [1.29, 1.82) is 0 Å². The fourth-order valence-corrected chi connectivity index (χ4v) is 1.02. The molecule has 0 aliphatic heterocycles. The Morgan fingerprint density at radius 3 is 2.27 bits per heavy atom. The highest BCUT2D eigenvalue weighted by molar-refractivity contribution is 7.84. The van der Waals surface area contributed by atoms with E-state index >= 15 is 0 Å². The molecule has 0 bridgehead atoms. The minimum Gasteiger partial charge on any atom is -0.478 e. The Hall–Kier alpha value is -0.0900. The second-order valence-electron chi connectivity index (χ2n) is 2.31. The molecule has 1 unspecified atom stereocenters. The van der Waals surface area contributed by atoms with E-state index in [0.29, 0.717) is 11.3 Å². The molecule has 1 N–H and O–H groups in total. The molecule has 0 aliphatic rings. The molecule has 0 radical (unpaired) electrons. The third-order valence-corrected chi connectivity index (χ3v) is 2.81. The van der Waals surface area contributed by atoms with Crippen LogP contribution in [-0.2, 0) is 4.79 Å². The van der Waals surface area contributed by atoms with E-state index in [9.17, 15) is 4.79 Å². The van der Waals surface area contributed by atoms with Gasteiger partial charge < -0.3 is 5.11 Å². The number of hydrogen-bond donors (Lipinski definition) is 3. The summed E-state index contributed by atoms with van der Waals surface area (Å²) in [5.41, 5.74) is 1.13. The summed E-state index contributed by atoms with van der Waals surface area (Å²) in [4.78, 5) is 10.4. The maximum Gasteiger partial charge on any atom is 0.331 e. The maximum atomic E-state index is 10.4. The lowest BCUT2D eigenvalue weighted by Crippen LogP contribution is -2.09. The van der Waals surface area contributed by atoms with Crippen LogP contribution in [-0.4, -0.2) is 22.1 Å². The highest BCUT2D eigenvalue weighted by atomic mass is 32.1. The Morgan fingerprint density at radius 1 is 1.55 bits per heavy atom. The van der Waals surface area contributed by atoms with E-state index in [4.69, 9.17) is 5.11 Å². The smallest absolute Gasteiger partial charge is 0.331 e. The molecule has 0 aromatic carbocycles. The van der Waals surface area contributed by atoms with Gasteiger partial charge in [-0.2, -0.15) is 25.3 Å². The van der Waals surface area contributed by atoms with Crippen molar-refractivity contribution in [2.24, 2.45) is 0 Å². The predicted octanol–water partition coefficient (Wildman–Crippen LogP) is 1.64. The van der Waals surface area contributed by atoms with E-state index in [-0.39, 0.29) is 5.25 Å². The molecule has 4 heteroatoms. The molecule has 0 aromatic rings. The Kier molecular flexibility index (Phi) is 4.68. The third-order valence-electron chi connectivity index (χ3n) is 1.59. The van der Waals surface area contributed by atoms with E-state index in [2.05, 4.69) is 25.3 Å². The number of rotatable bonds is 3. The fourth-order valence-electron chi connectivity index (χ4n) is 0.556. The van der Waals surface area contributed by atoms with Crippen LogP contribution in [0.25, 0.3) is 0 Å². The number of hydrogen-bond acceptors (Lipinski definition) is 3. The van der Waals surface area contributed by atoms with Crippen molar-refractivity contribution in [2.45, 2.75) is 19.1 Å². The first-order valence-electron chi connectivity index (χ1n) is 3.20. The van der Waals surface area contributed by atoms with Gasteiger partial charge in [0.2, 0.25) is 0 Å². The highest BCUT2D eigenvalue weighted by Gasteiger charge is 2.10. The second-order valence-corrected chi connectivity index (χ2v) is 3.30. The Balaban J connectivity index is 4.51. The molecule has 0 saturated carbocycles. The molecule has 0 heterocycles. The van der Waals surface area contributed by atoms with Crippen molar-refractivity contribution in [3.8, 4) is 0 Å². The van der Waals surface area contributed by atoms with Gasteiger partial charge >= 0.3 is 5.97 Å². The first-order chi connectivity index (χ1) is 5.00. The fraction of sp³-hybridized carbons (Fsp3) is 0.571. The van der Waals surface area contributed by atoms with Crippen molar-refractivity contribution in [3.63, 3.8) is 0 Å². The van der Waals surface area contributed by atoms with Gasteiger partial charge in [-0.1, -0.05) is 0 Å². The summed E-state index contributed by atoms with van der Waals surface area (Å²) < 4.78 is 0. The molecule has 0 saturated heterocycles. The van der Waals surface area contributed by atoms with E-state index in [0.717, 1.165) is 5.57 Å². The van der Waals surface area contributed by atoms with Crippen LogP contribution in [0.4, 0.5) is 0 Å². The van der Waals surface area contributed by atoms with E-state index in [1.165, 1.54) is 0 Å². The molecule has 0 spiro atoms. The second kappa shape index (κ2) is 4.72. The Morgan fingerprint density at radius 2 is 2.00 bits per heavy atom. The molecule has 2 nitrogen and oxygen atoms in total. The monoisotopic (exact) mass is 192 g/mol. The van der Waals surface area contributed by atoms with Crippen molar-refractivity contribution in [1.82, 2.24) is 0 Å². The van der Waals surface area contributed by atoms with Gasteiger partial charge in [-0.3, -0.25) is 0 Å². The predicted molar refractivity (Wildman–Crippen MR) is 52.6 cm³/mol. The van der Waals surface area contributed by atoms with Crippen molar-refractivity contribution < 1.29 is 9.90 Å². The Bertz CT molecular complexity index is 187. The van der Waals surface area contributed by atoms with E-state index in [1.54, 1.807) is 13.8 Å². The molecule has 1 atom stereocenters. The van der Waals surface area contributed by atoms with Crippen LogP contribution in [0.5, 0.6) is 0 Å². The molecule has 0 amide bonds. The van der Waals surface area contributed by atoms with E-state index in [1.807, 2.05) is 0 Å². The lowest BCUT2D eigenvalue weighted by molar-refractivity contribution is -0.132. The summed E-state index contributed by atoms with van der Waals surface area (Å²) in [5, 5.41) is 8.52. The molecule has 0 fully saturated rings. The van der Waals surface area contributed by atoms with Gasteiger partial charge in [0.25, 0.3) is 0 Å². The summed E-state index contributed by atoms with van der Waals surface area (Å²) in [7, 11) is 0. The zero-order valence-electron chi connectivity index (χ0n) is 6.53. The largest absolute Gasteiger partial charge is 0.478 e. The summed E-state index contributed by atoms with van der Waals surface area (Å²) in [6.07, 6.45) is 0. The first-order valence-corrected chi connectivity index (χ1v) is 4.35. The van der Waals surface area contributed by atoms with Gasteiger partial charge in [-0.15, -0.1) is 0 Å². The van der Waals surface area contributed by atoms with Crippen LogP contribution in [0.15, 0.2) is 11.1 Å². The summed E-state index contributed by atoms with van der Waals surface area (Å²) >= 11 is 8.18. The first kappa shape index (κ1) is 10.9. The minimum absolute atomic E-state index is 0.0607.